The van der Waals surface area contributed by atoms with E-state index in [9.17, 15) is 5.11 Å². The van der Waals surface area contributed by atoms with E-state index in [1.54, 1.807) is 6.07 Å². The van der Waals surface area contributed by atoms with Gasteiger partial charge in [-0.3, -0.25) is 0 Å². The van der Waals surface area contributed by atoms with Crippen LogP contribution in [0.1, 0.15) is 0 Å². The van der Waals surface area contributed by atoms with E-state index in [-0.39, 0.29) is 11.8 Å². The Labute approximate surface area is 113 Å². The molecule has 18 heavy (non-hydrogen) atoms. The average Bonchev–Trinajstić information content (AvgIpc) is 2.78. The highest BCUT2D eigenvalue weighted by Gasteiger charge is 2.22. The van der Waals surface area contributed by atoms with Crippen LogP contribution >= 0.6 is 15.9 Å². The zero-order chi connectivity index (χ0) is 12.5. The Balaban J connectivity index is 1.86. The molecular formula is C13H12BrN3O. The first-order valence-electron chi connectivity index (χ1n) is 5.60. The SMILES string of the molecule is Oc1ccc(NC2=C3C=CC=CC3NN2)cc1Br. The van der Waals surface area contributed by atoms with Crippen LogP contribution in [-0.2, 0) is 0 Å². The van der Waals surface area contributed by atoms with Crippen molar-refractivity contribution < 1.29 is 5.11 Å². The zero-order valence-electron chi connectivity index (χ0n) is 9.44. The maximum absolute atomic E-state index is 9.46. The lowest BCUT2D eigenvalue weighted by atomic mass is 10.0. The number of anilines is 1. The van der Waals surface area contributed by atoms with Crippen molar-refractivity contribution in [3.05, 3.63) is 58.4 Å². The summed E-state index contributed by atoms with van der Waals surface area (Å²) in [4.78, 5) is 0. The van der Waals surface area contributed by atoms with Crippen LogP contribution in [0.25, 0.3) is 0 Å². The van der Waals surface area contributed by atoms with Crippen LogP contribution in [0.2, 0.25) is 0 Å². The average molecular weight is 306 g/mol. The molecule has 3 rings (SSSR count). The highest BCUT2D eigenvalue weighted by molar-refractivity contribution is 9.10. The monoisotopic (exact) mass is 305 g/mol. The number of hydrogen-bond donors (Lipinski definition) is 4. The number of phenols is 1. The van der Waals surface area contributed by atoms with Crippen LogP contribution in [0.3, 0.4) is 0 Å². The predicted octanol–water partition coefficient (Wildman–Crippen LogP) is 2.38. The summed E-state index contributed by atoms with van der Waals surface area (Å²) in [5, 5.41) is 12.7. The van der Waals surface area contributed by atoms with Gasteiger partial charge in [-0.05, 0) is 34.1 Å². The first-order valence-corrected chi connectivity index (χ1v) is 6.39. The molecule has 0 fully saturated rings. The lowest BCUT2D eigenvalue weighted by Crippen LogP contribution is -2.32. The molecule has 1 unspecified atom stereocenters. The quantitative estimate of drug-likeness (QED) is 0.634. The molecule has 0 radical (unpaired) electrons. The second-order valence-corrected chi connectivity index (χ2v) is 4.97. The number of benzene rings is 1. The second-order valence-electron chi connectivity index (χ2n) is 4.11. The van der Waals surface area contributed by atoms with E-state index in [0.29, 0.717) is 4.47 Å². The highest BCUT2D eigenvalue weighted by Crippen LogP contribution is 2.28. The summed E-state index contributed by atoms with van der Waals surface area (Å²) in [6.45, 7) is 0. The van der Waals surface area contributed by atoms with E-state index in [1.807, 2.05) is 24.3 Å². The lowest BCUT2D eigenvalue weighted by molar-refractivity contribution is 0.472. The van der Waals surface area contributed by atoms with Crippen LogP contribution in [0.15, 0.2) is 58.4 Å². The van der Waals surface area contributed by atoms with E-state index in [0.717, 1.165) is 11.5 Å². The fraction of sp³-hybridized carbons (Fsp3) is 0.0769. The Morgan fingerprint density at radius 1 is 1.28 bits per heavy atom. The minimum absolute atomic E-state index is 0.207. The van der Waals surface area contributed by atoms with E-state index in [2.05, 4.69) is 44.3 Å². The van der Waals surface area contributed by atoms with Gasteiger partial charge in [0, 0.05) is 11.3 Å². The number of hydrogen-bond acceptors (Lipinski definition) is 4. The van der Waals surface area contributed by atoms with Gasteiger partial charge in [-0.1, -0.05) is 24.3 Å². The molecule has 2 aliphatic rings. The number of fused-ring (bicyclic) bond motifs is 1. The minimum Gasteiger partial charge on any atom is -0.507 e. The molecule has 0 bridgehead atoms. The maximum Gasteiger partial charge on any atom is 0.129 e. The van der Waals surface area contributed by atoms with Crippen molar-refractivity contribution in [2.75, 3.05) is 5.32 Å². The molecule has 4 N–H and O–H groups in total. The molecule has 1 aliphatic heterocycles. The van der Waals surface area contributed by atoms with Crippen molar-refractivity contribution in [3.8, 4) is 5.75 Å². The Hall–Kier alpha value is -1.72. The van der Waals surface area contributed by atoms with Crippen molar-refractivity contribution in [2.24, 2.45) is 0 Å². The summed E-state index contributed by atoms with van der Waals surface area (Å²) < 4.78 is 0.666. The van der Waals surface area contributed by atoms with Gasteiger partial charge in [0.25, 0.3) is 0 Å². The molecule has 0 amide bonds. The van der Waals surface area contributed by atoms with Crippen molar-refractivity contribution in [1.82, 2.24) is 10.9 Å². The summed E-state index contributed by atoms with van der Waals surface area (Å²) in [6, 6.07) is 5.51. The first kappa shape index (κ1) is 11.4. The van der Waals surface area contributed by atoms with Gasteiger partial charge in [-0.15, -0.1) is 0 Å². The number of aromatic hydroxyl groups is 1. The van der Waals surface area contributed by atoms with Crippen molar-refractivity contribution in [1.29, 1.82) is 0 Å². The minimum atomic E-state index is 0.207. The van der Waals surface area contributed by atoms with Gasteiger partial charge in [-0.25, -0.2) is 5.43 Å². The second kappa shape index (κ2) is 4.51. The van der Waals surface area contributed by atoms with Gasteiger partial charge in [0.2, 0.25) is 0 Å². The summed E-state index contributed by atoms with van der Waals surface area (Å²) in [6.07, 6.45) is 8.18. The van der Waals surface area contributed by atoms with Crippen molar-refractivity contribution >= 4 is 21.6 Å². The molecule has 0 aromatic heterocycles. The molecule has 5 heteroatoms. The Morgan fingerprint density at radius 3 is 3.00 bits per heavy atom. The van der Waals surface area contributed by atoms with E-state index >= 15 is 0 Å². The molecule has 4 nitrogen and oxygen atoms in total. The van der Waals surface area contributed by atoms with Crippen LogP contribution in [0, 0.1) is 0 Å². The topological polar surface area (TPSA) is 56.3 Å². The Kier molecular flexibility index (Phi) is 2.85. The van der Waals surface area contributed by atoms with Gasteiger partial charge in [0.15, 0.2) is 0 Å². The standard InChI is InChI=1S/C13H12BrN3O/c14-10-7-8(5-6-12(10)18)15-13-9-3-1-2-4-11(9)16-17-13/h1-7,11,15-18H. The van der Waals surface area contributed by atoms with Crippen LogP contribution < -0.4 is 16.2 Å². The Morgan fingerprint density at radius 2 is 2.17 bits per heavy atom. The summed E-state index contributed by atoms with van der Waals surface area (Å²) in [5.74, 6) is 1.16. The summed E-state index contributed by atoms with van der Waals surface area (Å²) >= 11 is 3.30. The number of rotatable bonds is 2. The third-order valence-electron chi connectivity index (χ3n) is 2.88. The summed E-state index contributed by atoms with van der Waals surface area (Å²) in [5.41, 5.74) is 8.36. The third kappa shape index (κ3) is 2.02. The molecule has 1 aromatic carbocycles. The molecule has 1 aliphatic carbocycles. The van der Waals surface area contributed by atoms with Crippen LogP contribution in [-0.4, -0.2) is 11.1 Å². The number of nitrogens with one attached hydrogen (secondary N) is 3. The smallest absolute Gasteiger partial charge is 0.129 e. The third-order valence-corrected chi connectivity index (χ3v) is 3.52. The number of allylic oxidation sites excluding steroid dienone is 2. The first-order chi connectivity index (χ1) is 8.74. The fourth-order valence-corrected chi connectivity index (χ4v) is 2.34. The van der Waals surface area contributed by atoms with Gasteiger partial charge >= 0.3 is 0 Å². The largest absolute Gasteiger partial charge is 0.507 e. The van der Waals surface area contributed by atoms with E-state index in [4.69, 9.17) is 0 Å². The molecule has 92 valence electrons. The van der Waals surface area contributed by atoms with Crippen LogP contribution in [0.4, 0.5) is 5.69 Å². The fourth-order valence-electron chi connectivity index (χ4n) is 1.96. The van der Waals surface area contributed by atoms with Crippen molar-refractivity contribution in [3.63, 3.8) is 0 Å². The molecular weight excluding hydrogens is 294 g/mol. The van der Waals surface area contributed by atoms with E-state index in [1.165, 1.54) is 5.57 Å². The molecule has 1 aromatic rings. The molecule has 0 saturated heterocycles. The number of halogens is 1. The Bertz CT molecular complexity index is 578. The zero-order valence-corrected chi connectivity index (χ0v) is 11.0. The van der Waals surface area contributed by atoms with Gasteiger partial charge in [0.05, 0.1) is 10.5 Å². The normalized spacial score (nSPS) is 20.8. The van der Waals surface area contributed by atoms with E-state index < -0.39 is 0 Å². The molecule has 1 atom stereocenters. The van der Waals surface area contributed by atoms with Gasteiger partial charge in [-0.2, -0.15) is 0 Å². The lowest BCUT2D eigenvalue weighted by Gasteiger charge is -2.10. The van der Waals surface area contributed by atoms with Gasteiger partial charge < -0.3 is 15.8 Å². The van der Waals surface area contributed by atoms with Crippen LogP contribution in [0.5, 0.6) is 5.75 Å². The maximum atomic E-state index is 9.46. The molecule has 1 heterocycles. The summed E-state index contributed by atoms with van der Waals surface area (Å²) in [7, 11) is 0. The van der Waals surface area contributed by atoms with Gasteiger partial charge in [0.1, 0.15) is 11.6 Å². The number of phenolic OH excluding ortho intramolecular Hbond substituents is 1. The number of hydrazine groups is 1. The van der Waals surface area contributed by atoms with Crippen molar-refractivity contribution in [2.45, 2.75) is 6.04 Å². The highest BCUT2D eigenvalue weighted by atomic mass is 79.9. The molecule has 0 spiro atoms. The predicted molar refractivity (Wildman–Crippen MR) is 74.8 cm³/mol. The molecule has 0 saturated carbocycles.